The smallest absolute Gasteiger partial charge is 0.00464 e. The van der Waals surface area contributed by atoms with Crippen molar-refractivity contribution >= 4 is 0 Å². The van der Waals surface area contributed by atoms with Crippen LogP contribution in [0.25, 0.3) is 0 Å². The number of hydrogen-bond donors (Lipinski definition) is 0. The highest BCUT2D eigenvalue weighted by Crippen LogP contribution is 2.43. The lowest BCUT2D eigenvalue weighted by Crippen LogP contribution is -2.24. The van der Waals surface area contributed by atoms with Crippen LogP contribution in [-0.4, -0.2) is 0 Å². The molecule has 1 aliphatic carbocycles. The van der Waals surface area contributed by atoms with Gasteiger partial charge in [-0.05, 0) is 37.5 Å². The van der Waals surface area contributed by atoms with E-state index in [0.717, 1.165) is 0 Å². The highest BCUT2D eigenvalue weighted by molar-refractivity contribution is 5.26. The second-order valence-corrected chi connectivity index (χ2v) is 4.96. The Balaban J connectivity index is 0.000000921. The van der Waals surface area contributed by atoms with Crippen LogP contribution < -0.4 is 0 Å². The Bertz CT molecular complexity index is 230. The molecule has 0 saturated heterocycles. The van der Waals surface area contributed by atoms with Gasteiger partial charge < -0.3 is 0 Å². The Morgan fingerprint density at radius 1 is 1.33 bits per heavy atom. The standard InChI is InChI=1S/C13H22.C2H6/c1-6-10(2)12-11(3)8-7-9-13(12,4)5;1-2/h6,10H,1,7-9H2,2-5H3;1-2H3. The molecule has 0 N–H and O–H groups in total. The van der Waals surface area contributed by atoms with Crippen LogP contribution in [0.4, 0.5) is 0 Å². The monoisotopic (exact) mass is 208 g/mol. The Morgan fingerprint density at radius 2 is 1.87 bits per heavy atom. The van der Waals surface area contributed by atoms with Crippen LogP contribution in [0, 0.1) is 11.3 Å². The summed E-state index contributed by atoms with van der Waals surface area (Å²) in [6.45, 7) is 17.2. The predicted molar refractivity (Wildman–Crippen MR) is 71.0 cm³/mol. The summed E-state index contributed by atoms with van der Waals surface area (Å²) in [7, 11) is 0. The average Bonchev–Trinajstić information content (AvgIpc) is 2.19. The largest absolute Gasteiger partial charge is 0.102 e. The first-order valence-electron chi connectivity index (χ1n) is 6.31. The molecule has 88 valence electrons. The van der Waals surface area contributed by atoms with Crippen molar-refractivity contribution in [1.29, 1.82) is 0 Å². The minimum atomic E-state index is 0.399. The van der Waals surface area contributed by atoms with Crippen molar-refractivity contribution in [3.8, 4) is 0 Å². The van der Waals surface area contributed by atoms with Gasteiger partial charge in [0.1, 0.15) is 0 Å². The first-order chi connectivity index (χ1) is 6.99. The topological polar surface area (TPSA) is 0 Å². The van der Waals surface area contributed by atoms with Crippen molar-refractivity contribution in [2.75, 3.05) is 0 Å². The lowest BCUT2D eigenvalue weighted by molar-refractivity contribution is 0.342. The van der Waals surface area contributed by atoms with Gasteiger partial charge in [0.15, 0.2) is 0 Å². The van der Waals surface area contributed by atoms with Gasteiger partial charge in [0.25, 0.3) is 0 Å². The third kappa shape index (κ3) is 3.52. The maximum atomic E-state index is 3.90. The van der Waals surface area contributed by atoms with E-state index in [-0.39, 0.29) is 0 Å². The third-order valence-electron chi connectivity index (χ3n) is 3.35. The molecule has 1 unspecified atom stereocenters. The molecule has 0 bridgehead atoms. The summed E-state index contributed by atoms with van der Waals surface area (Å²) in [6.07, 6.45) is 6.05. The van der Waals surface area contributed by atoms with Crippen molar-refractivity contribution in [3.63, 3.8) is 0 Å². The van der Waals surface area contributed by atoms with E-state index in [1.807, 2.05) is 13.8 Å². The molecule has 1 atom stereocenters. The Labute approximate surface area is 96.5 Å². The Hall–Kier alpha value is -0.520. The SMILES string of the molecule is C=CC(C)C1=C(C)CCCC1(C)C.CC. The summed E-state index contributed by atoms with van der Waals surface area (Å²) >= 11 is 0. The van der Waals surface area contributed by atoms with Gasteiger partial charge in [-0.15, -0.1) is 6.58 Å². The maximum absolute atomic E-state index is 3.90. The maximum Gasteiger partial charge on any atom is -0.00464 e. The predicted octanol–water partition coefficient (Wildman–Crippen LogP) is 5.36. The second kappa shape index (κ2) is 6.15. The fraction of sp³-hybridized carbons (Fsp3) is 0.733. The molecule has 0 amide bonds. The molecule has 0 aromatic rings. The molecule has 0 saturated carbocycles. The summed E-state index contributed by atoms with van der Waals surface area (Å²) in [5, 5.41) is 0. The van der Waals surface area contributed by atoms with E-state index in [9.17, 15) is 0 Å². The number of allylic oxidation sites excluding steroid dienone is 3. The highest BCUT2D eigenvalue weighted by atomic mass is 14.3. The fourth-order valence-electron chi connectivity index (χ4n) is 2.77. The van der Waals surface area contributed by atoms with Crippen LogP contribution in [0.5, 0.6) is 0 Å². The summed E-state index contributed by atoms with van der Waals surface area (Å²) in [6, 6.07) is 0. The molecule has 0 fully saturated rings. The molecule has 0 spiro atoms. The van der Waals surface area contributed by atoms with E-state index in [4.69, 9.17) is 0 Å². The van der Waals surface area contributed by atoms with Crippen molar-refractivity contribution in [2.45, 2.75) is 60.8 Å². The van der Waals surface area contributed by atoms with Crippen molar-refractivity contribution in [3.05, 3.63) is 23.8 Å². The van der Waals surface area contributed by atoms with Crippen LogP contribution >= 0.6 is 0 Å². The van der Waals surface area contributed by atoms with Crippen LogP contribution in [0.1, 0.15) is 60.8 Å². The van der Waals surface area contributed by atoms with E-state index < -0.39 is 0 Å². The average molecular weight is 208 g/mol. The molecule has 0 nitrogen and oxygen atoms in total. The molecule has 1 rings (SSSR count). The van der Waals surface area contributed by atoms with Gasteiger partial charge >= 0.3 is 0 Å². The van der Waals surface area contributed by atoms with Gasteiger partial charge in [0.2, 0.25) is 0 Å². The van der Waals surface area contributed by atoms with Crippen LogP contribution in [-0.2, 0) is 0 Å². The zero-order chi connectivity index (χ0) is 12.1. The van der Waals surface area contributed by atoms with E-state index in [0.29, 0.717) is 11.3 Å². The molecule has 1 aliphatic rings. The first-order valence-corrected chi connectivity index (χ1v) is 6.31. The molecule has 0 heterocycles. The molecule has 0 radical (unpaired) electrons. The summed E-state index contributed by atoms with van der Waals surface area (Å²) < 4.78 is 0. The van der Waals surface area contributed by atoms with E-state index >= 15 is 0 Å². The number of rotatable bonds is 2. The second-order valence-electron chi connectivity index (χ2n) is 4.96. The van der Waals surface area contributed by atoms with Crippen LogP contribution in [0.3, 0.4) is 0 Å². The minimum Gasteiger partial charge on any atom is -0.102 e. The van der Waals surface area contributed by atoms with Crippen LogP contribution in [0.15, 0.2) is 23.8 Å². The van der Waals surface area contributed by atoms with E-state index in [2.05, 4.69) is 40.3 Å². The van der Waals surface area contributed by atoms with E-state index in [1.165, 1.54) is 19.3 Å². The van der Waals surface area contributed by atoms with Crippen molar-refractivity contribution < 1.29 is 0 Å². The van der Waals surface area contributed by atoms with Gasteiger partial charge in [0, 0.05) is 0 Å². The molecular weight excluding hydrogens is 180 g/mol. The lowest BCUT2D eigenvalue weighted by Gasteiger charge is -2.37. The third-order valence-corrected chi connectivity index (χ3v) is 3.35. The van der Waals surface area contributed by atoms with Gasteiger partial charge in [-0.2, -0.15) is 0 Å². The first kappa shape index (κ1) is 14.5. The molecule has 0 aliphatic heterocycles. The zero-order valence-electron chi connectivity index (χ0n) is 11.5. The zero-order valence-corrected chi connectivity index (χ0v) is 11.5. The Morgan fingerprint density at radius 3 is 2.27 bits per heavy atom. The molecule has 0 aromatic heterocycles. The molecule has 15 heavy (non-hydrogen) atoms. The molecular formula is C15H28. The molecule has 0 aromatic carbocycles. The lowest BCUT2D eigenvalue weighted by atomic mass is 9.68. The normalized spacial score (nSPS) is 21.5. The van der Waals surface area contributed by atoms with Gasteiger partial charge in [0.05, 0.1) is 0 Å². The van der Waals surface area contributed by atoms with Crippen molar-refractivity contribution in [2.24, 2.45) is 11.3 Å². The van der Waals surface area contributed by atoms with Gasteiger partial charge in [-0.1, -0.05) is 51.8 Å². The summed E-state index contributed by atoms with van der Waals surface area (Å²) in [5.74, 6) is 0.551. The summed E-state index contributed by atoms with van der Waals surface area (Å²) in [4.78, 5) is 0. The minimum absolute atomic E-state index is 0.399. The Kier molecular flexibility index (Phi) is 5.93. The summed E-state index contributed by atoms with van der Waals surface area (Å²) in [5.41, 5.74) is 3.63. The number of hydrogen-bond acceptors (Lipinski definition) is 0. The van der Waals surface area contributed by atoms with Gasteiger partial charge in [-0.3, -0.25) is 0 Å². The van der Waals surface area contributed by atoms with Gasteiger partial charge in [-0.25, -0.2) is 0 Å². The quantitative estimate of drug-likeness (QED) is 0.536. The van der Waals surface area contributed by atoms with Crippen LogP contribution in [0.2, 0.25) is 0 Å². The fourth-order valence-corrected chi connectivity index (χ4v) is 2.77. The highest BCUT2D eigenvalue weighted by Gasteiger charge is 2.30. The molecule has 0 heteroatoms. The van der Waals surface area contributed by atoms with E-state index in [1.54, 1.807) is 11.1 Å². The van der Waals surface area contributed by atoms with Crippen molar-refractivity contribution in [1.82, 2.24) is 0 Å².